The highest BCUT2D eigenvalue weighted by Crippen LogP contribution is 2.17. The van der Waals surface area contributed by atoms with Crippen LogP contribution in [-0.4, -0.2) is 15.0 Å². The van der Waals surface area contributed by atoms with Gasteiger partial charge in [-0.05, 0) is 36.4 Å². The van der Waals surface area contributed by atoms with E-state index in [4.69, 9.17) is 5.73 Å². The predicted molar refractivity (Wildman–Crippen MR) is 83.6 cm³/mol. The molecule has 0 atom stereocenters. The third-order valence-electron chi connectivity index (χ3n) is 2.78. The summed E-state index contributed by atoms with van der Waals surface area (Å²) in [4.78, 5) is 12.3. The molecule has 0 bridgehead atoms. The summed E-state index contributed by atoms with van der Waals surface area (Å²) in [7, 11) is 0. The zero-order chi connectivity index (χ0) is 15.4. The van der Waals surface area contributed by atoms with Crippen molar-refractivity contribution in [2.45, 2.75) is 0 Å². The Morgan fingerprint density at radius 1 is 0.727 bits per heavy atom. The van der Waals surface area contributed by atoms with Gasteiger partial charge in [0.05, 0.1) is 0 Å². The number of benzene rings is 2. The molecule has 0 saturated heterocycles. The second-order valence-corrected chi connectivity index (χ2v) is 4.46. The number of para-hydroxylation sites is 1. The van der Waals surface area contributed by atoms with Gasteiger partial charge in [-0.3, -0.25) is 0 Å². The van der Waals surface area contributed by atoms with Gasteiger partial charge >= 0.3 is 0 Å². The van der Waals surface area contributed by atoms with E-state index in [0.29, 0.717) is 11.6 Å². The normalized spacial score (nSPS) is 10.2. The van der Waals surface area contributed by atoms with Gasteiger partial charge < -0.3 is 16.4 Å². The van der Waals surface area contributed by atoms with Crippen molar-refractivity contribution in [3.8, 4) is 0 Å². The molecule has 0 unspecified atom stereocenters. The maximum absolute atomic E-state index is 12.9. The van der Waals surface area contributed by atoms with Crippen molar-refractivity contribution in [1.82, 2.24) is 15.0 Å². The number of hydrogen-bond donors (Lipinski definition) is 3. The monoisotopic (exact) mass is 296 g/mol. The number of halogens is 1. The third-order valence-corrected chi connectivity index (χ3v) is 2.78. The molecule has 1 heterocycles. The van der Waals surface area contributed by atoms with E-state index in [0.717, 1.165) is 5.69 Å². The Morgan fingerprint density at radius 3 is 1.86 bits per heavy atom. The van der Waals surface area contributed by atoms with Gasteiger partial charge in [0.15, 0.2) is 0 Å². The number of anilines is 5. The number of rotatable bonds is 4. The number of aromatic nitrogens is 3. The van der Waals surface area contributed by atoms with E-state index in [-0.39, 0.29) is 17.7 Å². The SMILES string of the molecule is Nc1nc(Nc2ccccc2)nc(Nc2ccc(F)cc2)n1. The first-order chi connectivity index (χ1) is 10.7. The van der Waals surface area contributed by atoms with Gasteiger partial charge in [0.1, 0.15) is 5.82 Å². The van der Waals surface area contributed by atoms with Crippen LogP contribution >= 0.6 is 0 Å². The van der Waals surface area contributed by atoms with Crippen molar-refractivity contribution in [3.63, 3.8) is 0 Å². The minimum Gasteiger partial charge on any atom is -0.368 e. The fourth-order valence-corrected chi connectivity index (χ4v) is 1.82. The maximum Gasteiger partial charge on any atom is 0.233 e. The summed E-state index contributed by atoms with van der Waals surface area (Å²) < 4.78 is 12.9. The molecule has 3 aromatic rings. The van der Waals surface area contributed by atoms with E-state index in [9.17, 15) is 4.39 Å². The maximum atomic E-state index is 12.9. The summed E-state index contributed by atoms with van der Waals surface area (Å²) in [5, 5.41) is 5.99. The van der Waals surface area contributed by atoms with Crippen molar-refractivity contribution < 1.29 is 4.39 Å². The second-order valence-electron chi connectivity index (χ2n) is 4.46. The average Bonchev–Trinajstić information content (AvgIpc) is 2.50. The number of nitrogens with zero attached hydrogens (tertiary/aromatic N) is 3. The van der Waals surface area contributed by atoms with Crippen LogP contribution in [0.2, 0.25) is 0 Å². The Hall–Kier alpha value is -3.22. The van der Waals surface area contributed by atoms with Crippen LogP contribution in [-0.2, 0) is 0 Å². The molecular weight excluding hydrogens is 283 g/mol. The van der Waals surface area contributed by atoms with Crippen molar-refractivity contribution in [2.24, 2.45) is 0 Å². The molecule has 0 spiro atoms. The van der Waals surface area contributed by atoms with Gasteiger partial charge in [-0.1, -0.05) is 18.2 Å². The van der Waals surface area contributed by atoms with Crippen molar-refractivity contribution in [3.05, 3.63) is 60.4 Å². The van der Waals surface area contributed by atoms with E-state index in [2.05, 4.69) is 25.6 Å². The van der Waals surface area contributed by atoms with Crippen LogP contribution in [0.25, 0.3) is 0 Å². The van der Waals surface area contributed by atoms with E-state index < -0.39 is 0 Å². The van der Waals surface area contributed by atoms with Crippen LogP contribution < -0.4 is 16.4 Å². The first kappa shape index (κ1) is 13.7. The minimum absolute atomic E-state index is 0.0815. The number of hydrogen-bond acceptors (Lipinski definition) is 6. The molecule has 0 aliphatic rings. The molecule has 0 amide bonds. The van der Waals surface area contributed by atoms with Crippen LogP contribution in [0, 0.1) is 5.82 Å². The number of nitrogen functional groups attached to an aromatic ring is 1. The Bertz CT molecular complexity index is 761. The zero-order valence-electron chi connectivity index (χ0n) is 11.5. The van der Waals surface area contributed by atoms with Gasteiger partial charge in [0.2, 0.25) is 17.8 Å². The van der Waals surface area contributed by atoms with Crippen molar-refractivity contribution in [1.29, 1.82) is 0 Å². The third kappa shape index (κ3) is 3.45. The topological polar surface area (TPSA) is 88.8 Å². The molecule has 0 saturated carbocycles. The highest BCUT2D eigenvalue weighted by atomic mass is 19.1. The zero-order valence-corrected chi connectivity index (χ0v) is 11.5. The lowest BCUT2D eigenvalue weighted by atomic mass is 10.3. The summed E-state index contributed by atoms with van der Waals surface area (Å²) in [5.74, 6) is 0.367. The lowest BCUT2D eigenvalue weighted by Crippen LogP contribution is -2.06. The number of nitrogens with one attached hydrogen (secondary N) is 2. The minimum atomic E-state index is -0.313. The van der Waals surface area contributed by atoms with Gasteiger partial charge in [-0.25, -0.2) is 4.39 Å². The molecule has 0 radical (unpaired) electrons. The molecule has 0 fully saturated rings. The van der Waals surface area contributed by atoms with E-state index in [1.165, 1.54) is 12.1 Å². The smallest absolute Gasteiger partial charge is 0.233 e. The molecule has 22 heavy (non-hydrogen) atoms. The molecule has 2 aromatic carbocycles. The van der Waals surface area contributed by atoms with Crippen LogP contribution in [0.5, 0.6) is 0 Å². The molecule has 0 aliphatic heterocycles. The molecule has 1 aromatic heterocycles. The first-order valence-corrected chi connectivity index (χ1v) is 6.55. The standard InChI is InChI=1S/C15H13FN6/c16-10-6-8-12(9-7-10)19-15-21-13(17)20-14(22-15)18-11-4-2-1-3-5-11/h1-9H,(H4,17,18,19,20,21,22). The molecule has 4 N–H and O–H groups in total. The lowest BCUT2D eigenvalue weighted by molar-refractivity contribution is 0.628. The summed E-state index contributed by atoms with van der Waals surface area (Å²) in [6, 6.07) is 15.3. The molecule has 3 rings (SSSR count). The second kappa shape index (κ2) is 6.04. The molecule has 0 aliphatic carbocycles. The fourth-order valence-electron chi connectivity index (χ4n) is 1.82. The van der Waals surface area contributed by atoms with E-state index in [1.54, 1.807) is 12.1 Å². The van der Waals surface area contributed by atoms with Crippen molar-refractivity contribution in [2.75, 3.05) is 16.4 Å². The van der Waals surface area contributed by atoms with Gasteiger partial charge in [0.25, 0.3) is 0 Å². The molecular formula is C15H13FN6. The van der Waals surface area contributed by atoms with Crippen LogP contribution in [0.3, 0.4) is 0 Å². The van der Waals surface area contributed by atoms with Crippen LogP contribution in [0.1, 0.15) is 0 Å². The Kier molecular flexibility index (Phi) is 3.78. The highest BCUT2D eigenvalue weighted by molar-refractivity contribution is 5.58. The summed E-state index contributed by atoms with van der Waals surface area (Å²) in [6.45, 7) is 0. The van der Waals surface area contributed by atoms with E-state index in [1.807, 2.05) is 30.3 Å². The molecule has 6 nitrogen and oxygen atoms in total. The average molecular weight is 296 g/mol. The summed E-state index contributed by atoms with van der Waals surface area (Å²) in [5.41, 5.74) is 7.17. The number of nitrogens with two attached hydrogens (primary N) is 1. The summed E-state index contributed by atoms with van der Waals surface area (Å²) in [6.07, 6.45) is 0. The Labute approximate surface area is 126 Å². The molecule has 7 heteroatoms. The van der Waals surface area contributed by atoms with Crippen molar-refractivity contribution >= 4 is 29.2 Å². The fraction of sp³-hybridized carbons (Fsp3) is 0. The van der Waals surface area contributed by atoms with Crippen LogP contribution in [0.4, 0.5) is 33.6 Å². The summed E-state index contributed by atoms with van der Waals surface area (Å²) >= 11 is 0. The van der Waals surface area contributed by atoms with Gasteiger partial charge in [-0.15, -0.1) is 0 Å². The predicted octanol–water partition coefficient (Wildman–Crippen LogP) is 3.08. The largest absolute Gasteiger partial charge is 0.368 e. The Balaban J connectivity index is 1.82. The quantitative estimate of drug-likeness (QED) is 0.685. The highest BCUT2D eigenvalue weighted by Gasteiger charge is 2.05. The lowest BCUT2D eigenvalue weighted by Gasteiger charge is -2.08. The Morgan fingerprint density at radius 2 is 1.27 bits per heavy atom. The van der Waals surface area contributed by atoms with Gasteiger partial charge in [0, 0.05) is 11.4 Å². The van der Waals surface area contributed by atoms with Crippen LogP contribution in [0.15, 0.2) is 54.6 Å². The first-order valence-electron chi connectivity index (χ1n) is 6.55. The van der Waals surface area contributed by atoms with Gasteiger partial charge in [-0.2, -0.15) is 15.0 Å². The molecule has 110 valence electrons. The van der Waals surface area contributed by atoms with E-state index >= 15 is 0 Å².